The third-order valence-electron chi connectivity index (χ3n) is 3.69. The van der Waals surface area contributed by atoms with Crippen molar-refractivity contribution in [1.29, 1.82) is 0 Å². The second-order valence-corrected chi connectivity index (χ2v) is 5.57. The van der Waals surface area contributed by atoms with E-state index in [9.17, 15) is 18.8 Å². The third-order valence-corrected chi connectivity index (χ3v) is 3.69. The van der Waals surface area contributed by atoms with Crippen LogP contribution in [0.1, 0.15) is 44.6 Å². The van der Waals surface area contributed by atoms with Gasteiger partial charge in [0.1, 0.15) is 5.82 Å². The maximum absolute atomic E-state index is 12.8. The Morgan fingerprint density at radius 2 is 1.75 bits per heavy atom. The first-order valence-electron chi connectivity index (χ1n) is 7.43. The first-order valence-corrected chi connectivity index (χ1v) is 7.43. The highest BCUT2D eigenvalue weighted by Crippen LogP contribution is 2.19. The SMILES string of the molecule is CC(=O)c1c(C)[nH]c(C(=O)COC(=O)Cc2ccc(F)cc2)c1C. The number of aromatic nitrogens is 1. The van der Waals surface area contributed by atoms with Crippen LogP contribution in [0.5, 0.6) is 0 Å². The summed E-state index contributed by atoms with van der Waals surface area (Å²) in [6.45, 7) is 4.40. The van der Waals surface area contributed by atoms with Gasteiger partial charge in [-0.25, -0.2) is 4.39 Å². The minimum Gasteiger partial charge on any atom is -0.457 e. The maximum atomic E-state index is 12.8. The summed E-state index contributed by atoms with van der Waals surface area (Å²) in [5.74, 6) is -1.51. The molecule has 0 saturated carbocycles. The Labute approximate surface area is 138 Å². The molecule has 5 nitrogen and oxygen atoms in total. The molecule has 0 radical (unpaired) electrons. The summed E-state index contributed by atoms with van der Waals surface area (Å²) in [7, 11) is 0. The minimum absolute atomic E-state index is 0.0466. The third kappa shape index (κ3) is 3.95. The molecule has 1 aromatic heterocycles. The van der Waals surface area contributed by atoms with Gasteiger partial charge in [-0.15, -0.1) is 0 Å². The molecule has 6 heteroatoms. The summed E-state index contributed by atoms with van der Waals surface area (Å²) in [6, 6.07) is 5.47. The number of ketones is 2. The van der Waals surface area contributed by atoms with Crippen molar-refractivity contribution in [1.82, 2.24) is 4.98 Å². The Bertz CT molecular complexity index is 790. The van der Waals surface area contributed by atoms with Crippen LogP contribution >= 0.6 is 0 Å². The van der Waals surface area contributed by atoms with Crippen LogP contribution in [0.3, 0.4) is 0 Å². The number of halogens is 1. The van der Waals surface area contributed by atoms with Gasteiger partial charge < -0.3 is 9.72 Å². The molecule has 0 aliphatic carbocycles. The number of H-pyrrole nitrogens is 1. The Balaban J connectivity index is 1.98. The number of hydrogen-bond acceptors (Lipinski definition) is 4. The lowest BCUT2D eigenvalue weighted by Crippen LogP contribution is -2.16. The average Bonchev–Trinajstić information content (AvgIpc) is 2.82. The van der Waals surface area contributed by atoms with Gasteiger partial charge in [0.2, 0.25) is 5.78 Å². The number of carbonyl (C=O) groups excluding carboxylic acids is 3. The van der Waals surface area contributed by atoms with Crippen molar-refractivity contribution in [2.24, 2.45) is 0 Å². The number of aromatic amines is 1. The van der Waals surface area contributed by atoms with Crippen LogP contribution in [-0.4, -0.2) is 29.1 Å². The predicted octanol–water partition coefficient (Wildman–Crippen LogP) is 2.94. The normalized spacial score (nSPS) is 10.5. The fourth-order valence-corrected chi connectivity index (χ4v) is 2.60. The fraction of sp³-hybridized carbons (Fsp3) is 0.278. The van der Waals surface area contributed by atoms with Crippen LogP contribution in [0, 0.1) is 19.7 Å². The van der Waals surface area contributed by atoms with Crippen molar-refractivity contribution in [2.45, 2.75) is 27.2 Å². The minimum atomic E-state index is -0.581. The summed E-state index contributed by atoms with van der Waals surface area (Å²) in [5, 5.41) is 0. The first-order chi connectivity index (χ1) is 11.3. The van der Waals surface area contributed by atoms with Gasteiger partial charge in [0, 0.05) is 11.3 Å². The fourth-order valence-electron chi connectivity index (χ4n) is 2.60. The number of nitrogens with one attached hydrogen (secondary N) is 1. The zero-order chi connectivity index (χ0) is 17.9. The van der Waals surface area contributed by atoms with Crippen LogP contribution in [0.4, 0.5) is 4.39 Å². The van der Waals surface area contributed by atoms with Crippen LogP contribution in [0.25, 0.3) is 0 Å². The van der Waals surface area contributed by atoms with Gasteiger partial charge in [0.25, 0.3) is 0 Å². The number of benzene rings is 1. The van der Waals surface area contributed by atoms with E-state index >= 15 is 0 Å². The highest BCUT2D eigenvalue weighted by molar-refractivity contribution is 6.04. The second-order valence-electron chi connectivity index (χ2n) is 5.57. The molecule has 2 rings (SSSR count). The molecule has 126 valence electrons. The van der Waals surface area contributed by atoms with E-state index in [4.69, 9.17) is 4.74 Å². The van der Waals surface area contributed by atoms with E-state index in [-0.39, 0.29) is 23.7 Å². The molecular formula is C18H18FNO4. The van der Waals surface area contributed by atoms with Crippen molar-refractivity contribution < 1.29 is 23.5 Å². The van der Waals surface area contributed by atoms with E-state index < -0.39 is 18.4 Å². The zero-order valence-corrected chi connectivity index (χ0v) is 13.7. The molecular weight excluding hydrogens is 313 g/mol. The number of esters is 1. The number of aryl methyl sites for hydroxylation is 1. The number of ether oxygens (including phenoxy) is 1. The number of hydrogen-bond donors (Lipinski definition) is 1. The molecule has 0 spiro atoms. The standard InChI is InChI=1S/C18H18FNO4/c1-10-17(12(3)21)11(2)20-18(10)15(22)9-24-16(23)8-13-4-6-14(19)7-5-13/h4-7,20H,8-9H2,1-3H3. The molecule has 1 N–H and O–H groups in total. The van der Waals surface area contributed by atoms with Gasteiger partial charge in [0.15, 0.2) is 12.4 Å². The molecule has 1 heterocycles. The smallest absolute Gasteiger partial charge is 0.310 e. The van der Waals surface area contributed by atoms with E-state index in [1.165, 1.54) is 31.2 Å². The van der Waals surface area contributed by atoms with E-state index in [0.717, 1.165) is 0 Å². The van der Waals surface area contributed by atoms with Gasteiger partial charge >= 0.3 is 5.97 Å². The zero-order valence-electron chi connectivity index (χ0n) is 13.7. The predicted molar refractivity (Wildman–Crippen MR) is 85.7 cm³/mol. The molecule has 1 aromatic carbocycles. The topological polar surface area (TPSA) is 76.2 Å². The van der Waals surface area contributed by atoms with Crippen molar-refractivity contribution in [3.8, 4) is 0 Å². The monoisotopic (exact) mass is 331 g/mol. The van der Waals surface area contributed by atoms with Gasteiger partial charge in [-0.1, -0.05) is 12.1 Å². The molecule has 0 aliphatic rings. The molecule has 0 unspecified atom stereocenters. The van der Waals surface area contributed by atoms with E-state index in [2.05, 4.69) is 4.98 Å². The van der Waals surface area contributed by atoms with Crippen LogP contribution in [0.15, 0.2) is 24.3 Å². The van der Waals surface area contributed by atoms with E-state index in [1.807, 2.05) is 0 Å². The molecule has 0 aliphatic heterocycles. The van der Waals surface area contributed by atoms with Gasteiger partial charge in [0.05, 0.1) is 12.1 Å². The number of carbonyl (C=O) groups is 3. The Morgan fingerprint density at radius 3 is 2.29 bits per heavy atom. The first kappa shape index (κ1) is 17.6. The lowest BCUT2D eigenvalue weighted by molar-refractivity contribution is -0.141. The molecule has 24 heavy (non-hydrogen) atoms. The molecule has 0 atom stereocenters. The van der Waals surface area contributed by atoms with Crippen molar-refractivity contribution in [3.05, 3.63) is 58.2 Å². The summed E-state index contributed by atoms with van der Waals surface area (Å²) in [6.07, 6.45) is -0.0466. The summed E-state index contributed by atoms with van der Waals surface area (Å²) < 4.78 is 17.8. The lowest BCUT2D eigenvalue weighted by atomic mass is 10.1. The molecule has 0 amide bonds. The Hall–Kier alpha value is -2.76. The van der Waals surface area contributed by atoms with Crippen molar-refractivity contribution in [2.75, 3.05) is 6.61 Å². The second kappa shape index (κ2) is 7.21. The summed E-state index contributed by atoms with van der Waals surface area (Å²) in [5.41, 5.74) is 2.52. The van der Waals surface area contributed by atoms with Crippen molar-refractivity contribution in [3.63, 3.8) is 0 Å². The molecule has 0 bridgehead atoms. The van der Waals surface area contributed by atoms with Crippen LogP contribution in [-0.2, 0) is 16.0 Å². The van der Waals surface area contributed by atoms with Gasteiger partial charge in [-0.3, -0.25) is 14.4 Å². The Morgan fingerprint density at radius 1 is 1.12 bits per heavy atom. The number of Topliss-reactive ketones (excluding diaryl/α,β-unsaturated/α-hetero) is 2. The summed E-state index contributed by atoms with van der Waals surface area (Å²) >= 11 is 0. The van der Waals surface area contributed by atoms with Crippen LogP contribution in [0.2, 0.25) is 0 Å². The molecule has 2 aromatic rings. The number of rotatable bonds is 6. The lowest BCUT2D eigenvalue weighted by Gasteiger charge is -2.05. The van der Waals surface area contributed by atoms with E-state index in [0.29, 0.717) is 22.4 Å². The Kier molecular flexibility index (Phi) is 5.28. The average molecular weight is 331 g/mol. The molecule has 0 saturated heterocycles. The van der Waals surface area contributed by atoms with E-state index in [1.54, 1.807) is 13.8 Å². The highest BCUT2D eigenvalue weighted by Gasteiger charge is 2.20. The quantitative estimate of drug-likeness (QED) is 0.652. The highest BCUT2D eigenvalue weighted by atomic mass is 19.1. The van der Waals surface area contributed by atoms with Crippen LogP contribution < -0.4 is 0 Å². The van der Waals surface area contributed by atoms with Gasteiger partial charge in [-0.2, -0.15) is 0 Å². The van der Waals surface area contributed by atoms with Crippen molar-refractivity contribution >= 4 is 17.5 Å². The maximum Gasteiger partial charge on any atom is 0.310 e. The largest absolute Gasteiger partial charge is 0.457 e. The summed E-state index contributed by atoms with van der Waals surface area (Å²) in [4.78, 5) is 38.4. The van der Waals surface area contributed by atoms with Gasteiger partial charge in [-0.05, 0) is 44.0 Å². The molecule has 0 fully saturated rings.